The molecule has 8 aromatic carbocycles. The summed E-state index contributed by atoms with van der Waals surface area (Å²) in [6, 6.07) is 55.7. The number of nitrogens with zero attached hydrogens (tertiary/aromatic N) is 3. The van der Waals surface area contributed by atoms with Gasteiger partial charge in [-0.2, -0.15) is 0 Å². The van der Waals surface area contributed by atoms with E-state index in [0.717, 1.165) is 104 Å². The van der Waals surface area contributed by atoms with Crippen LogP contribution < -0.4 is 0 Å². The third-order valence-electron chi connectivity index (χ3n) is 10.7. The second-order valence-corrected chi connectivity index (χ2v) is 13.9. The van der Waals surface area contributed by atoms with Crippen LogP contribution >= 0.6 is 0 Å². The Morgan fingerprint density at radius 3 is 1.60 bits per heavy atom. The first kappa shape index (κ1) is 29.9. The molecule has 0 saturated carbocycles. The molecule has 0 aliphatic heterocycles. The molecule has 0 amide bonds. The maximum Gasteiger partial charge on any atom is 0.164 e. The summed E-state index contributed by atoms with van der Waals surface area (Å²) < 4.78 is 19.2. The normalized spacial score (nSPS) is 12.0. The summed E-state index contributed by atoms with van der Waals surface area (Å²) >= 11 is 0. The van der Waals surface area contributed by atoms with Gasteiger partial charge >= 0.3 is 0 Å². The van der Waals surface area contributed by atoms with Crippen LogP contribution in [0.1, 0.15) is 0 Å². The average molecular weight is 706 g/mol. The Morgan fingerprint density at radius 2 is 0.836 bits per heavy atom. The summed E-state index contributed by atoms with van der Waals surface area (Å²) in [5, 5.41) is 8.15. The zero-order chi connectivity index (χ0) is 36.0. The highest BCUT2D eigenvalue weighted by molar-refractivity contribution is 6.22. The number of hydrogen-bond acceptors (Lipinski definition) is 6. The van der Waals surface area contributed by atoms with Gasteiger partial charge < -0.3 is 13.3 Å². The molecule has 0 N–H and O–H groups in total. The third kappa shape index (κ3) is 4.52. The van der Waals surface area contributed by atoms with Crippen molar-refractivity contribution in [1.29, 1.82) is 0 Å². The minimum atomic E-state index is 0.546. The highest BCUT2D eigenvalue weighted by atomic mass is 16.3. The maximum atomic E-state index is 6.73. The number of rotatable bonds is 4. The van der Waals surface area contributed by atoms with Crippen LogP contribution in [0.3, 0.4) is 0 Å². The molecule has 0 bridgehead atoms. The van der Waals surface area contributed by atoms with Crippen molar-refractivity contribution in [1.82, 2.24) is 15.0 Å². The van der Waals surface area contributed by atoms with Crippen LogP contribution in [0.5, 0.6) is 0 Å². The smallest absolute Gasteiger partial charge is 0.164 e. The molecule has 6 heteroatoms. The van der Waals surface area contributed by atoms with Gasteiger partial charge in [0.1, 0.15) is 33.5 Å². The zero-order valence-corrected chi connectivity index (χ0v) is 29.2. The largest absolute Gasteiger partial charge is 0.456 e. The van der Waals surface area contributed by atoms with Gasteiger partial charge in [0.2, 0.25) is 0 Å². The molecule has 12 rings (SSSR count). The summed E-state index contributed by atoms with van der Waals surface area (Å²) in [6.07, 6.45) is 0. The van der Waals surface area contributed by atoms with Gasteiger partial charge in [0.15, 0.2) is 17.5 Å². The Hall–Kier alpha value is -7.57. The third-order valence-corrected chi connectivity index (χ3v) is 10.7. The van der Waals surface area contributed by atoms with Gasteiger partial charge in [-0.05, 0) is 65.0 Å². The molecule has 256 valence electrons. The molecule has 12 aromatic rings. The summed E-state index contributed by atoms with van der Waals surface area (Å²) in [6.45, 7) is 0. The van der Waals surface area contributed by atoms with Crippen molar-refractivity contribution in [2.75, 3.05) is 0 Å². The molecule has 0 aliphatic rings. The van der Waals surface area contributed by atoms with Gasteiger partial charge in [-0.1, -0.05) is 115 Å². The molecule has 0 fully saturated rings. The fourth-order valence-electron chi connectivity index (χ4n) is 8.26. The van der Waals surface area contributed by atoms with E-state index in [1.165, 1.54) is 0 Å². The highest BCUT2D eigenvalue weighted by Gasteiger charge is 2.22. The van der Waals surface area contributed by atoms with E-state index < -0.39 is 0 Å². The lowest BCUT2D eigenvalue weighted by molar-refractivity contribution is 0.668. The molecule has 0 atom stereocenters. The van der Waals surface area contributed by atoms with Crippen LogP contribution in [-0.4, -0.2) is 15.0 Å². The van der Waals surface area contributed by atoms with Crippen LogP contribution in [0, 0.1) is 0 Å². The standard InChI is InChI=1S/C49H27N3O3/c1-2-12-28(13-3-1)36-27-38-45-35(19-11-23-43(45)55-46(38)32-16-5-4-14-30(32)36)49-51-47(29-24-25-41-37(26-29)31-15-6-8-20-39(31)53-41)50-48(52-49)34-18-10-22-42-44(34)33-17-7-9-21-40(33)54-42/h1-27H. The van der Waals surface area contributed by atoms with Crippen molar-refractivity contribution in [3.63, 3.8) is 0 Å². The van der Waals surface area contributed by atoms with E-state index in [-0.39, 0.29) is 0 Å². The second kappa shape index (κ2) is 11.5. The Bertz CT molecular complexity index is 3500. The van der Waals surface area contributed by atoms with Gasteiger partial charge in [0, 0.05) is 54.4 Å². The van der Waals surface area contributed by atoms with E-state index in [2.05, 4.69) is 84.9 Å². The summed E-state index contributed by atoms with van der Waals surface area (Å²) in [4.78, 5) is 15.8. The molecule has 0 radical (unpaired) electrons. The van der Waals surface area contributed by atoms with E-state index in [4.69, 9.17) is 28.2 Å². The minimum absolute atomic E-state index is 0.546. The topological polar surface area (TPSA) is 78.1 Å². The number of fused-ring (bicyclic) bond motifs is 11. The number of benzene rings is 8. The predicted octanol–water partition coefficient (Wildman–Crippen LogP) is 13.4. The molecule has 0 saturated heterocycles. The van der Waals surface area contributed by atoms with E-state index in [1.807, 2.05) is 78.9 Å². The SMILES string of the molecule is c1ccc(-c2cc3c(oc4cccc(-c5nc(-c6ccc7oc8ccccc8c7c6)nc(-c6cccc7oc8ccccc8c67)n5)c43)c3ccccc23)cc1. The molecular weight excluding hydrogens is 679 g/mol. The zero-order valence-electron chi connectivity index (χ0n) is 29.2. The molecule has 4 heterocycles. The molecule has 4 aromatic heterocycles. The van der Waals surface area contributed by atoms with Crippen LogP contribution in [0.25, 0.3) is 122 Å². The van der Waals surface area contributed by atoms with Crippen molar-refractivity contribution in [2.45, 2.75) is 0 Å². The molecule has 0 aliphatic carbocycles. The number of para-hydroxylation sites is 2. The fraction of sp³-hybridized carbons (Fsp3) is 0. The fourth-order valence-corrected chi connectivity index (χ4v) is 8.26. The van der Waals surface area contributed by atoms with Crippen LogP contribution in [-0.2, 0) is 0 Å². The van der Waals surface area contributed by atoms with E-state index in [9.17, 15) is 0 Å². The maximum absolute atomic E-state index is 6.73. The van der Waals surface area contributed by atoms with Gasteiger partial charge in [-0.3, -0.25) is 0 Å². The first-order valence-electron chi connectivity index (χ1n) is 18.3. The number of hydrogen-bond donors (Lipinski definition) is 0. The summed E-state index contributed by atoms with van der Waals surface area (Å²) in [7, 11) is 0. The lowest BCUT2D eigenvalue weighted by Gasteiger charge is -2.11. The lowest BCUT2D eigenvalue weighted by atomic mass is 9.94. The summed E-state index contributed by atoms with van der Waals surface area (Å²) in [5.74, 6) is 1.65. The predicted molar refractivity (Wildman–Crippen MR) is 221 cm³/mol. The second-order valence-electron chi connectivity index (χ2n) is 13.9. The average Bonchev–Trinajstić information content (AvgIpc) is 3.95. The van der Waals surface area contributed by atoms with Gasteiger partial charge in [0.05, 0.1) is 0 Å². The van der Waals surface area contributed by atoms with Crippen LogP contribution in [0.2, 0.25) is 0 Å². The van der Waals surface area contributed by atoms with Crippen molar-refractivity contribution < 1.29 is 13.3 Å². The Morgan fingerprint density at radius 1 is 0.291 bits per heavy atom. The number of aromatic nitrogens is 3. The lowest BCUT2D eigenvalue weighted by Crippen LogP contribution is -2.00. The summed E-state index contributed by atoms with van der Waals surface area (Å²) in [5.41, 5.74) is 9.69. The Kier molecular flexibility index (Phi) is 6.24. The van der Waals surface area contributed by atoms with Crippen molar-refractivity contribution in [2.24, 2.45) is 0 Å². The van der Waals surface area contributed by atoms with Crippen molar-refractivity contribution in [3.8, 4) is 45.3 Å². The molecule has 55 heavy (non-hydrogen) atoms. The Balaban J connectivity index is 1.16. The minimum Gasteiger partial charge on any atom is -0.456 e. The van der Waals surface area contributed by atoms with Gasteiger partial charge in [-0.15, -0.1) is 0 Å². The molecule has 0 spiro atoms. The first-order valence-corrected chi connectivity index (χ1v) is 18.3. The van der Waals surface area contributed by atoms with E-state index in [0.29, 0.717) is 17.5 Å². The molecule has 6 nitrogen and oxygen atoms in total. The quantitative estimate of drug-likeness (QED) is 0.181. The molecular formula is C49H27N3O3. The van der Waals surface area contributed by atoms with Gasteiger partial charge in [0.25, 0.3) is 0 Å². The Labute approximate surface area is 312 Å². The first-order chi connectivity index (χ1) is 27.2. The monoisotopic (exact) mass is 705 g/mol. The number of furan rings is 3. The van der Waals surface area contributed by atoms with E-state index >= 15 is 0 Å². The molecule has 0 unspecified atom stereocenters. The van der Waals surface area contributed by atoms with Gasteiger partial charge in [-0.25, -0.2) is 15.0 Å². The van der Waals surface area contributed by atoms with Crippen LogP contribution in [0.15, 0.2) is 177 Å². The van der Waals surface area contributed by atoms with Crippen LogP contribution in [0.4, 0.5) is 0 Å². The van der Waals surface area contributed by atoms with E-state index in [1.54, 1.807) is 0 Å². The highest BCUT2D eigenvalue weighted by Crippen LogP contribution is 2.44. The van der Waals surface area contributed by atoms with Crippen molar-refractivity contribution >= 4 is 76.6 Å². The van der Waals surface area contributed by atoms with Crippen molar-refractivity contribution in [3.05, 3.63) is 164 Å².